The third-order valence-corrected chi connectivity index (χ3v) is 4.54. The Labute approximate surface area is 109 Å². The number of nitrogens with zero attached hydrogens (tertiary/aromatic N) is 2. The number of thiazole rings is 1. The van der Waals surface area contributed by atoms with Crippen LogP contribution in [0.4, 0.5) is 0 Å². The number of likely N-dealkylation sites (tertiary alicyclic amines) is 1. The molecule has 1 aliphatic carbocycles. The van der Waals surface area contributed by atoms with Crippen LogP contribution in [0.25, 0.3) is 0 Å². The highest BCUT2D eigenvalue weighted by Gasteiger charge is 2.36. The number of aromatic nitrogens is 1. The topological polar surface area (TPSA) is 73.7 Å². The zero-order valence-corrected chi connectivity index (χ0v) is 10.8. The molecule has 0 spiro atoms. The average Bonchev–Trinajstić information content (AvgIpc) is 2.97. The molecule has 5 nitrogen and oxygen atoms in total. The smallest absolute Gasteiger partial charge is 0.273 e. The largest absolute Gasteiger partial charge is 0.394 e. The van der Waals surface area contributed by atoms with Gasteiger partial charge in [0.1, 0.15) is 5.69 Å². The summed E-state index contributed by atoms with van der Waals surface area (Å²) >= 11 is 1.53. The number of carbonyl (C=O) groups excluding carboxylic acids is 1. The molecule has 0 bridgehead atoms. The summed E-state index contributed by atoms with van der Waals surface area (Å²) in [7, 11) is 0. The standard InChI is InChI=1S/C12H16N2O3S/c15-5-8-3-9(16)4-14(8)12(17)10-6-18-11(13-10)7-1-2-7/h6-9,15-16H,1-5H2. The second-order valence-corrected chi connectivity index (χ2v) is 5.92. The van der Waals surface area contributed by atoms with E-state index in [0.717, 1.165) is 5.01 Å². The molecule has 1 saturated heterocycles. The van der Waals surface area contributed by atoms with E-state index in [4.69, 9.17) is 0 Å². The van der Waals surface area contributed by atoms with Crippen LogP contribution < -0.4 is 0 Å². The van der Waals surface area contributed by atoms with Gasteiger partial charge in [0, 0.05) is 17.8 Å². The first-order valence-corrected chi connectivity index (χ1v) is 7.12. The lowest BCUT2D eigenvalue weighted by atomic mass is 10.2. The Bertz CT molecular complexity index is 458. The van der Waals surface area contributed by atoms with Crippen molar-refractivity contribution in [1.82, 2.24) is 9.88 Å². The lowest BCUT2D eigenvalue weighted by Crippen LogP contribution is -2.38. The Morgan fingerprint density at radius 2 is 2.33 bits per heavy atom. The van der Waals surface area contributed by atoms with Gasteiger partial charge >= 0.3 is 0 Å². The molecule has 1 aromatic rings. The van der Waals surface area contributed by atoms with Crippen molar-refractivity contribution in [1.29, 1.82) is 0 Å². The molecule has 2 fully saturated rings. The van der Waals surface area contributed by atoms with Crippen molar-refractivity contribution in [3.63, 3.8) is 0 Å². The van der Waals surface area contributed by atoms with Crippen LogP contribution in [0.3, 0.4) is 0 Å². The molecule has 2 unspecified atom stereocenters. The minimum atomic E-state index is -0.535. The molecule has 1 aliphatic heterocycles. The lowest BCUT2D eigenvalue weighted by Gasteiger charge is -2.21. The van der Waals surface area contributed by atoms with Crippen LogP contribution in [0.5, 0.6) is 0 Å². The molecule has 98 valence electrons. The predicted molar refractivity (Wildman–Crippen MR) is 66.6 cm³/mol. The van der Waals surface area contributed by atoms with E-state index in [9.17, 15) is 15.0 Å². The van der Waals surface area contributed by atoms with Gasteiger partial charge in [-0.05, 0) is 19.3 Å². The molecular weight excluding hydrogens is 252 g/mol. The third kappa shape index (κ3) is 2.15. The summed E-state index contributed by atoms with van der Waals surface area (Å²) in [6, 6.07) is -0.279. The first-order valence-electron chi connectivity index (χ1n) is 6.24. The Kier molecular flexibility index (Phi) is 3.09. The van der Waals surface area contributed by atoms with Crippen molar-refractivity contribution in [2.75, 3.05) is 13.2 Å². The highest BCUT2D eigenvalue weighted by Crippen LogP contribution is 2.41. The van der Waals surface area contributed by atoms with Crippen molar-refractivity contribution in [3.8, 4) is 0 Å². The van der Waals surface area contributed by atoms with Gasteiger partial charge in [-0.15, -0.1) is 11.3 Å². The molecule has 18 heavy (non-hydrogen) atoms. The fourth-order valence-corrected chi connectivity index (χ4v) is 3.33. The van der Waals surface area contributed by atoms with E-state index >= 15 is 0 Å². The van der Waals surface area contributed by atoms with Crippen LogP contribution in [0, 0.1) is 0 Å². The molecule has 6 heteroatoms. The number of aliphatic hydroxyl groups is 2. The number of hydrogen-bond acceptors (Lipinski definition) is 5. The van der Waals surface area contributed by atoms with Crippen LogP contribution in [0.15, 0.2) is 5.38 Å². The number of hydrogen-bond donors (Lipinski definition) is 2. The SMILES string of the molecule is O=C(c1csc(C2CC2)n1)N1CC(O)CC1CO. The highest BCUT2D eigenvalue weighted by molar-refractivity contribution is 7.10. The van der Waals surface area contributed by atoms with Crippen molar-refractivity contribution in [2.24, 2.45) is 0 Å². The summed E-state index contributed by atoms with van der Waals surface area (Å²) in [4.78, 5) is 18.2. The van der Waals surface area contributed by atoms with Gasteiger partial charge in [-0.2, -0.15) is 0 Å². The van der Waals surface area contributed by atoms with E-state index in [1.54, 1.807) is 5.38 Å². The van der Waals surface area contributed by atoms with Crippen molar-refractivity contribution < 1.29 is 15.0 Å². The zero-order valence-electron chi connectivity index (χ0n) is 9.95. The summed E-state index contributed by atoms with van der Waals surface area (Å²) in [5, 5.41) is 21.6. The van der Waals surface area contributed by atoms with Crippen molar-refractivity contribution >= 4 is 17.2 Å². The van der Waals surface area contributed by atoms with Gasteiger partial charge in [-0.1, -0.05) is 0 Å². The number of amides is 1. The summed E-state index contributed by atoms with van der Waals surface area (Å²) in [6.45, 7) is 0.183. The monoisotopic (exact) mass is 268 g/mol. The number of rotatable bonds is 3. The number of aliphatic hydroxyl groups excluding tert-OH is 2. The van der Waals surface area contributed by atoms with Crippen LogP contribution in [0.1, 0.15) is 40.7 Å². The minimum absolute atomic E-state index is 0.109. The average molecular weight is 268 g/mol. The summed E-state index contributed by atoms with van der Waals surface area (Å²) in [6.07, 6.45) is 2.25. The molecule has 1 aromatic heterocycles. The maximum absolute atomic E-state index is 12.3. The molecule has 2 N–H and O–H groups in total. The number of β-amino-alcohol motifs (C(OH)–C–C–N with tert-alkyl or cyclic N) is 1. The Balaban J connectivity index is 1.76. The van der Waals surface area contributed by atoms with Crippen LogP contribution >= 0.6 is 11.3 Å². The molecule has 1 amide bonds. The van der Waals surface area contributed by atoms with Gasteiger partial charge in [-0.25, -0.2) is 4.98 Å². The van der Waals surface area contributed by atoms with Gasteiger partial charge < -0.3 is 15.1 Å². The van der Waals surface area contributed by atoms with Crippen LogP contribution in [-0.4, -0.2) is 51.3 Å². The predicted octanol–water partition coefficient (Wildman–Crippen LogP) is 0.588. The third-order valence-electron chi connectivity index (χ3n) is 3.53. The van der Waals surface area contributed by atoms with Crippen molar-refractivity contribution in [2.45, 2.75) is 37.3 Å². The maximum Gasteiger partial charge on any atom is 0.273 e. The second kappa shape index (κ2) is 4.60. The molecule has 2 atom stereocenters. The minimum Gasteiger partial charge on any atom is -0.394 e. The molecular formula is C12H16N2O3S. The van der Waals surface area contributed by atoms with E-state index in [2.05, 4.69) is 4.98 Å². The van der Waals surface area contributed by atoms with Gasteiger partial charge in [0.2, 0.25) is 0 Å². The van der Waals surface area contributed by atoms with Gasteiger partial charge in [0.05, 0.1) is 23.8 Å². The Morgan fingerprint density at radius 3 is 3.00 bits per heavy atom. The second-order valence-electron chi connectivity index (χ2n) is 5.03. The van der Waals surface area contributed by atoms with E-state index in [-0.39, 0.29) is 18.6 Å². The Hall–Kier alpha value is -0.980. The Morgan fingerprint density at radius 1 is 1.56 bits per heavy atom. The first-order chi connectivity index (χ1) is 8.69. The van der Waals surface area contributed by atoms with E-state index in [1.165, 1.54) is 29.1 Å². The van der Waals surface area contributed by atoms with E-state index in [1.807, 2.05) is 0 Å². The van der Waals surface area contributed by atoms with Gasteiger partial charge in [0.15, 0.2) is 0 Å². The fourth-order valence-electron chi connectivity index (χ4n) is 2.36. The highest BCUT2D eigenvalue weighted by atomic mass is 32.1. The maximum atomic E-state index is 12.3. The molecule has 2 aliphatic rings. The zero-order chi connectivity index (χ0) is 12.7. The lowest BCUT2D eigenvalue weighted by molar-refractivity contribution is 0.0659. The van der Waals surface area contributed by atoms with Gasteiger partial charge in [0.25, 0.3) is 5.91 Å². The van der Waals surface area contributed by atoms with Gasteiger partial charge in [-0.3, -0.25) is 4.79 Å². The van der Waals surface area contributed by atoms with Crippen molar-refractivity contribution in [3.05, 3.63) is 16.1 Å². The number of carbonyl (C=O) groups is 1. The molecule has 0 aromatic carbocycles. The summed E-state index contributed by atoms with van der Waals surface area (Å²) in [5.74, 6) is 0.378. The normalized spacial score (nSPS) is 27.8. The fraction of sp³-hybridized carbons (Fsp3) is 0.667. The van der Waals surface area contributed by atoms with Crippen LogP contribution in [0.2, 0.25) is 0 Å². The molecule has 3 rings (SSSR count). The molecule has 2 heterocycles. The molecule has 1 saturated carbocycles. The first kappa shape index (κ1) is 12.1. The van der Waals surface area contributed by atoms with E-state index in [0.29, 0.717) is 24.6 Å². The molecule has 0 radical (unpaired) electrons. The summed E-state index contributed by atoms with van der Waals surface area (Å²) < 4.78 is 0. The van der Waals surface area contributed by atoms with E-state index < -0.39 is 6.10 Å². The quantitative estimate of drug-likeness (QED) is 0.841. The summed E-state index contributed by atoms with van der Waals surface area (Å²) in [5.41, 5.74) is 0.453. The van der Waals surface area contributed by atoms with Crippen LogP contribution in [-0.2, 0) is 0 Å².